The fourth-order valence-electron chi connectivity index (χ4n) is 1.81. The first-order valence-electron chi connectivity index (χ1n) is 6.33. The van der Waals surface area contributed by atoms with Crippen LogP contribution in [0.2, 0.25) is 0 Å². The van der Waals surface area contributed by atoms with Crippen molar-refractivity contribution in [2.75, 3.05) is 14.1 Å². The lowest BCUT2D eigenvalue weighted by atomic mass is 10.1. The van der Waals surface area contributed by atoms with E-state index in [4.69, 9.17) is 10.5 Å². The average molecular weight is 408 g/mol. The summed E-state index contributed by atoms with van der Waals surface area (Å²) in [5, 5.41) is 0. The van der Waals surface area contributed by atoms with Crippen molar-refractivity contribution < 1.29 is 9.53 Å². The molecule has 0 saturated carbocycles. The van der Waals surface area contributed by atoms with Crippen LogP contribution in [-0.4, -0.2) is 37.0 Å². The highest BCUT2D eigenvalue weighted by Crippen LogP contribution is 2.35. The number of nitrogens with zero attached hydrogens (tertiary/aromatic N) is 1. The molecule has 1 aromatic rings. The van der Waals surface area contributed by atoms with Crippen LogP contribution in [0.4, 0.5) is 0 Å². The first-order chi connectivity index (χ1) is 9.22. The fraction of sp³-hybridized carbons (Fsp3) is 0.500. The van der Waals surface area contributed by atoms with Crippen LogP contribution < -0.4 is 10.5 Å². The van der Waals surface area contributed by atoms with Gasteiger partial charge in [-0.25, -0.2) is 0 Å². The number of carbonyl (C=O) groups excluding carboxylic acids is 1. The summed E-state index contributed by atoms with van der Waals surface area (Å²) in [5.41, 5.74) is 6.91. The van der Waals surface area contributed by atoms with Crippen molar-refractivity contribution in [2.45, 2.75) is 32.4 Å². The summed E-state index contributed by atoms with van der Waals surface area (Å²) in [6, 6.07) is 4.03. The van der Waals surface area contributed by atoms with Gasteiger partial charge in [-0.2, -0.15) is 0 Å². The monoisotopic (exact) mass is 406 g/mol. The van der Waals surface area contributed by atoms with Gasteiger partial charge in [0.2, 0.25) is 0 Å². The molecule has 0 aliphatic heterocycles. The summed E-state index contributed by atoms with van der Waals surface area (Å²) >= 11 is 6.96. The zero-order valence-electron chi connectivity index (χ0n) is 12.1. The molecule has 0 saturated heterocycles. The van der Waals surface area contributed by atoms with Gasteiger partial charge >= 0.3 is 0 Å². The third-order valence-corrected chi connectivity index (χ3v) is 3.88. The predicted molar refractivity (Wildman–Crippen MR) is 88.0 cm³/mol. The molecule has 2 N–H and O–H groups in total. The molecule has 0 radical (unpaired) electrons. The maximum atomic E-state index is 11.8. The van der Waals surface area contributed by atoms with Gasteiger partial charge in [-0.15, -0.1) is 0 Å². The number of ether oxygens (including phenoxy) is 1. The Hall–Kier alpha value is -0.590. The zero-order chi connectivity index (χ0) is 15.4. The largest absolute Gasteiger partial charge is 0.479 e. The summed E-state index contributed by atoms with van der Waals surface area (Å²) in [4.78, 5) is 13.3. The maximum Gasteiger partial charge on any atom is 0.262 e. The second kappa shape index (κ2) is 7.43. The number of nitrogens with two attached hydrogens (primary N) is 1. The Morgan fingerprint density at radius 2 is 1.80 bits per heavy atom. The van der Waals surface area contributed by atoms with Crippen LogP contribution in [0.25, 0.3) is 0 Å². The Morgan fingerprint density at radius 3 is 2.20 bits per heavy atom. The molecule has 1 rings (SSSR count). The summed E-state index contributed by atoms with van der Waals surface area (Å²) in [7, 11) is 3.41. The quantitative estimate of drug-likeness (QED) is 0.816. The van der Waals surface area contributed by atoms with Gasteiger partial charge in [-0.1, -0.05) is 0 Å². The molecule has 0 aliphatic rings. The van der Waals surface area contributed by atoms with E-state index >= 15 is 0 Å². The van der Waals surface area contributed by atoms with E-state index in [2.05, 4.69) is 31.9 Å². The van der Waals surface area contributed by atoms with Gasteiger partial charge in [0.15, 0.2) is 6.10 Å². The highest BCUT2D eigenvalue weighted by Gasteiger charge is 2.19. The standard InChI is InChI=1S/C14H20Br2N2O2/c1-8(17)5-10-6-11(15)13(12(16)7-10)20-9(2)14(19)18(3)4/h6-9H,5,17H2,1-4H3. The van der Waals surface area contributed by atoms with Gasteiger partial charge in [0, 0.05) is 20.1 Å². The minimum atomic E-state index is -0.545. The highest BCUT2D eigenvalue weighted by atomic mass is 79.9. The Morgan fingerprint density at radius 1 is 1.30 bits per heavy atom. The molecule has 4 nitrogen and oxygen atoms in total. The van der Waals surface area contributed by atoms with E-state index < -0.39 is 6.10 Å². The SMILES string of the molecule is CC(N)Cc1cc(Br)c(OC(C)C(=O)N(C)C)c(Br)c1. The van der Waals surface area contributed by atoms with E-state index in [-0.39, 0.29) is 11.9 Å². The van der Waals surface area contributed by atoms with Crippen LogP contribution in [0.15, 0.2) is 21.1 Å². The van der Waals surface area contributed by atoms with Gasteiger partial charge < -0.3 is 15.4 Å². The maximum absolute atomic E-state index is 11.8. The molecule has 0 bridgehead atoms. The van der Waals surface area contributed by atoms with Crippen molar-refractivity contribution in [3.63, 3.8) is 0 Å². The molecule has 1 amide bonds. The van der Waals surface area contributed by atoms with E-state index in [1.54, 1.807) is 21.0 Å². The van der Waals surface area contributed by atoms with E-state index in [0.717, 1.165) is 20.9 Å². The average Bonchev–Trinajstić information content (AvgIpc) is 2.31. The van der Waals surface area contributed by atoms with Gasteiger partial charge in [-0.3, -0.25) is 4.79 Å². The van der Waals surface area contributed by atoms with Crippen molar-refractivity contribution in [1.82, 2.24) is 4.90 Å². The lowest BCUT2D eigenvalue weighted by molar-refractivity contribution is -0.135. The number of amides is 1. The third-order valence-electron chi connectivity index (χ3n) is 2.70. The molecule has 0 fully saturated rings. The van der Waals surface area contributed by atoms with Crippen molar-refractivity contribution in [1.29, 1.82) is 0 Å². The molecule has 0 spiro atoms. The zero-order valence-corrected chi connectivity index (χ0v) is 15.3. The van der Waals surface area contributed by atoms with E-state index in [1.807, 2.05) is 19.1 Å². The number of carbonyl (C=O) groups is 1. The van der Waals surface area contributed by atoms with Gasteiger partial charge in [0.1, 0.15) is 5.75 Å². The minimum Gasteiger partial charge on any atom is -0.479 e. The predicted octanol–water partition coefficient (Wildman–Crippen LogP) is 2.96. The number of hydrogen-bond donors (Lipinski definition) is 1. The molecule has 0 heterocycles. The summed E-state index contributed by atoms with van der Waals surface area (Å²) in [6.07, 6.45) is 0.237. The Bertz CT molecular complexity index is 467. The summed E-state index contributed by atoms with van der Waals surface area (Å²) in [5.74, 6) is 0.546. The second-order valence-electron chi connectivity index (χ2n) is 5.06. The van der Waals surface area contributed by atoms with Gasteiger partial charge in [-0.05, 0) is 69.8 Å². The van der Waals surface area contributed by atoms with Crippen molar-refractivity contribution >= 4 is 37.8 Å². The molecule has 1 aromatic carbocycles. The molecule has 6 heteroatoms. The van der Waals surface area contributed by atoms with E-state index in [9.17, 15) is 4.79 Å². The lowest BCUT2D eigenvalue weighted by Crippen LogP contribution is -2.35. The molecule has 20 heavy (non-hydrogen) atoms. The van der Waals surface area contributed by atoms with Crippen molar-refractivity contribution in [2.24, 2.45) is 5.73 Å². The van der Waals surface area contributed by atoms with Crippen LogP contribution >= 0.6 is 31.9 Å². The lowest BCUT2D eigenvalue weighted by Gasteiger charge is -2.20. The molecule has 2 unspecified atom stereocenters. The highest BCUT2D eigenvalue weighted by molar-refractivity contribution is 9.11. The van der Waals surface area contributed by atoms with Crippen LogP contribution in [0.3, 0.4) is 0 Å². The molecule has 112 valence electrons. The number of rotatable bonds is 5. The summed E-state index contributed by atoms with van der Waals surface area (Å²) in [6.45, 7) is 3.70. The van der Waals surface area contributed by atoms with Crippen molar-refractivity contribution in [3.8, 4) is 5.75 Å². The molecule has 2 atom stereocenters. The fourth-order valence-corrected chi connectivity index (χ4v) is 3.27. The van der Waals surface area contributed by atoms with E-state index in [1.165, 1.54) is 4.90 Å². The number of halogens is 2. The molecule has 0 aliphatic carbocycles. The van der Waals surface area contributed by atoms with Crippen LogP contribution in [0, 0.1) is 0 Å². The smallest absolute Gasteiger partial charge is 0.262 e. The second-order valence-corrected chi connectivity index (χ2v) is 6.77. The van der Waals surface area contributed by atoms with E-state index in [0.29, 0.717) is 5.75 Å². The minimum absolute atomic E-state index is 0.0801. The Labute approximate surface area is 136 Å². The Kier molecular flexibility index (Phi) is 6.48. The number of benzene rings is 1. The topological polar surface area (TPSA) is 55.6 Å². The molecular formula is C14H20Br2N2O2. The number of likely N-dealkylation sites (N-methyl/N-ethyl adjacent to an activating group) is 1. The van der Waals surface area contributed by atoms with Crippen LogP contribution in [-0.2, 0) is 11.2 Å². The normalized spacial score (nSPS) is 13.8. The number of hydrogen-bond acceptors (Lipinski definition) is 3. The first-order valence-corrected chi connectivity index (χ1v) is 7.92. The first kappa shape index (κ1) is 17.5. The summed E-state index contributed by atoms with van der Waals surface area (Å²) < 4.78 is 7.36. The van der Waals surface area contributed by atoms with Crippen molar-refractivity contribution in [3.05, 3.63) is 26.6 Å². The van der Waals surface area contributed by atoms with Crippen LogP contribution in [0.1, 0.15) is 19.4 Å². The van der Waals surface area contributed by atoms with Gasteiger partial charge in [0.25, 0.3) is 5.91 Å². The molecule has 0 aromatic heterocycles. The van der Waals surface area contributed by atoms with Gasteiger partial charge in [0.05, 0.1) is 8.95 Å². The van der Waals surface area contributed by atoms with Crippen LogP contribution in [0.5, 0.6) is 5.75 Å². The Balaban J connectivity index is 2.94. The third kappa shape index (κ3) is 4.75. The molecular weight excluding hydrogens is 388 g/mol.